The summed E-state index contributed by atoms with van der Waals surface area (Å²) in [5.74, 6) is -0.105. The third kappa shape index (κ3) is 2.81. The van der Waals surface area contributed by atoms with Crippen LogP contribution in [-0.4, -0.2) is 12.5 Å². The third-order valence-corrected chi connectivity index (χ3v) is 3.13. The molecule has 0 bridgehead atoms. The number of hydrogen-bond acceptors (Lipinski definition) is 4. The van der Waals surface area contributed by atoms with E-state index in [0.29, 0.717) is 17.8 Å². The number of hydrogen-bond donors (Lipinski definition) is 3. The predicted molar refractivity (Wildman–Crippen MR) is 76.5 cm³/mol. The molecule has 1 heterocycles. The summed E-state index contributed by atoms with van der Waals surface area (Å²) in [4.78, 5) is 11.6. The molecule has 0 unspecified atom stereocenters. The summed E-state index contributed by atoms with van der Waals surface area (Å²) in [6.45, 7) is 2.49. The standard InChI is InChI=1S/C13H15N3OS/c1-2-15-13(17)9-3-4-12(11(14)7-9)16-10-5-6-18-8-10/h3-8,16H,2,14H2,1H3,(H,15,17). The van der Waals surface area contributed by atoms with Crippen LogP contribution in [0.2, 0.25) is 0 Å². The van der Waals surface area contributed by atoms with Crippen molar-refractivity contribution < 1.29 is 4.79 Å². The fourth-order valence-electron chi connectivity index (χ4n) is 1.57. The zero-order valence-corrected chi connectivity index (χ0v) is 10.9. The maximum absolute atomic E-state index is 11.6. The van der Waals surface area contributed by atoms with Crippen molar-refractivity contribution in [3.8, 4) is 0 Å². The quantitative estimate of drug-likeness (QED) is 0.741. The van der Waals surface area contributed by atoms with Gasteiger partial charge in [-0.05, 0) is 36.6 Å². The first kappa shape index (κ1) is 12.4. The number of anilines is 3. The first-order valence-electron chi connectivity index (χ1n) is 5.67. The van der Waals surface area contributed by atoms with Crippen molar-refractivity contribution in [1.82, 2.24) is 5.32 Å². The molecule has 2 rings (SSSR count). The fourth-order valence-corrected chi connectivity index (χ4v) is 2.16. The molecule has 2 aromatic rings. The van der Waals surface area contributed by atoms with Crippen molar-refractivity contribution in [1.29, 1.82) is 0 Å². The highest BCUT2D eigenvalue weighted by atomic mass is 32.1. The number of carbonyl (C=O) groups is 1. The minimum absolute atomic E-state index is 0.105. The maximum atomic E-state index is 11.6. The van der Waals surface area contributed by atoms with E-state index in [9.17, 15) is 4.79 Å². The molecular weight excluding hydrogens is 246 g/mol. The second-order valence-electron chi connectivity index (χ2n) is 3.80. The smallest absolute Gasteiger partial charge is 0.251 e. The summed E-state index contributed by atoms with van der Waals surface area (Å²) in [6, 6.07) is 7.23. The van der Waals surface area contributed by atoms with Crippen molar-refractivity contribution in [2.24, 2.45) is 0 Å². The molecule has 1 aromatic heterocycles. The van der Waals surface area contributed by atoms with Gasteiger partial charge in [-0.2, -0.15) is 11.3 Å². The van der Waals surface area contributed by atoms with Crippen LogP contribution in [0.3, 0.4) is 0 Å². The molecule has 5 heteroatoms. The number of nitrogens with two attached hydrogens (primary N) is 1. The lowest BCUT2D eigenvalue weighted by molar-refractivity contribution is 0.0956. The van der Waals surface area contributed by atoms with Gasteiger partial charge in [0.05, 0.1) is 11.4 Å². The van der Waals surface area contributed by atoms with Gasteiger partial charge in [-0.15, -0.1) is 0 Å². The van der Waals surface area contributed by atoms with Gasteiger partial charge in [0, 0.05) is 23.2 Å². The molecule has 4 nitrogen and oxygen atoms in total. The molecule has 0 aliphatic heterocycles. The summed E-state index contributed by atoms with van der Waals surface area (Å²) in [5.41, 5.74) is 8.87. The van der Waals surface area contributed by atoms with E-state index >= 15 is 0 Å². The number of nitrogen functional groups attached to an aromatic ring is 1. The number of nitrogens with one attached hydrogen (secondary N) is 2. The average Bonchev–Trinajstić information content (AvgIpc) is 2.85. The summed E-state index contributed by atoms with van der Waals surface area (Å²) < 4.78 is 0. The SMILES string of the molecule is CCNC(=O)c1ccc(Nc2ccsc2)c(N)c1. The predicted octanol–water partition coefficient (Wildman–Crippen LogP) is 2.82. The highest BCUT2D eigenvalue weighted by molar-refractivity contribution is 7.08. The van der Waals surface area contributed by atoms with Crippen molar-refractivity contribution in [3.63, 3.8) is 0 Å². The van der Waals surface area contributed by atoms with Gasteiger partial charge >= 0.3 is 0 Å². The number of rotatable bonds is 4. The highest BCUT2D eigenvalue weighted by Crippen LogP contribution is 2.25. The largest absolute Gasteiger partial charge is 0.397 e. The second kappa shape index (κ2) is 5.55. The molecule has 18 heavy (non-hydrogen) atoms. The van der Waals surface area contributed by atoms with Gasteiger partial charge in [0.2, 0.25) is 0 Å². The molecule has 0 radical (unpaired) electrons. The van der Waals surface area contributed by atoms with Crippen LogP contribution >= 0.6 is 11.3 Å². The molecule has 1 amide bonds. The van der Waals surface area contributed by atoms with Gasteiger partial charge in [-0.25, -0.2) is 0 Å². The summed E-state index contributed by atoms with van der Waals surface area (Å²) in [7, 11) is 0. The minimum Gasteiger partial charge on any atom is -0.397 e. The van der Waals surface area contributed by atoms with E-state index in [1.54, 1.807) is 23.5 Å². The van der Waals surface area contributed by atoms with E-state index in [1.807, 2.05) is 29.8 Å². The zero-order chi connectivity index (χ0) is 13.0. The molecule has 4 N–H and O–H groups in total. The molecular formula is C13H15N3OS. The van der Waals surface area contributed by atoms with Crippen LogP contribution < -0.4 is 16.4 Å². The van der Waals surface area contributed by atoms with E-state index in [4.69, 9.17) is 5.73 Å². The summed E-state index contributed by atoms with van der Waals surface area (Å²) >= 11 is 1.61. The number of carbonyl (C=O) groups excluding carboxylic acids is 1. The minimum atomic E-state index is -0.105. The van der Waals surface area contributed by atoms with Gasteiger partial charge in [0.25, 0.3) is 5.91 Å². The number of thiophene rings is 1. The van der Waals surface area contributed by atoms with Crippen LogP contribution in [-0.2, 0) is 0 Å². The van der Waals surface area contributed by atoms with Crippen LogP contribution in [0.15, 0.2) is 35.0 Å². The topological polar surface area (TPSA) is 67.2 Å². The molecule has 0 fully saturated rings. The Balaban J connectivity index is 2.17. The van der Waals surface area contributed by atoms with E-state index in [1.165, 1.54) is 0 Å². The molecule has 0 spiro atoms. The molecule has 0 aliphatic carbocycles. The van der Waals surface area contributed by atoms with Crippen LogP contribution in [0.4, 0.5) is 17.1 Å². The van der Waals surface area contributed by atoms with Gasteiger partial charge in [-0.3, -0.25) is 4.79 Å². The fraction of sp³-hybridized carbons (Fsp3) is 0.154. The Labute approximate surface area is 110 Å². The molecule has 0 atom stereocenters. The monoisotopic (exact) mass is 261 g/mol. The Morgan fingerprint density at radius 3 is 2.83 bits per heavy atom. The lowest BCUT2D eigenvalue weighted by Gasteiger charge is -2.09. The second-order valence-corrected chi connectivity index (χ2v) is 4.58. The Morgan fingerprint density at radius 2 is 2.22 bits per heavy atom. The van der Waals surface area contributed by atoms with E-state index in [0.717, 1.165) is 11.4 Å². The van der Waals surface area contributed by atoms with Crippen LogP contribution in [0.5, 0.6) is 0 Å². The van der Waals surface area contributed by atoms with E-state index < -0.39 is 0 Å². The Morgan fingerprint density at radius 1 is 1.39 bits per heavy atom. The van der Waals surface area contributed by atoms with E-state index in [2.05, 4.69) is 10.6 Å². The zero-order valence-electron chi connectivity index (χ0n) is 10.1. The molecule has 94 valence electrons. The lowest BCUT2D eigenvalue weighted by atomic mass is 10.1. The molecule has 0 saturated carbocycles. The highest BCUT2D eigenvalue weighted by Gasteiger charge is 2.07. The van der Waals surface area contributed by atoms with Crippen LogP contribution in [0.25, 0.3) is 0 Å². The van der Waals surface area contributed by atoms with Crippen molar-refractivity contribution >= 4 is 34.3 Å². The molecule has 1 aromatic carbocycles. The van der Waals surface area contributed by atoms with Crippen molar-refractivity contribution in [2.75, 3.05) is 17.6 Å². The van der Waals surface area contributed by atoms with Gasteiger partial charge in [-0.1, -0.05) is 0 Å². The van der Waals surface area contributed by atoms with E-state index in [-0.39, 0.29) is 5.91 Å². The number of benzene rings is 1. The Bertz CT molecular complexity index is 537. The summed E-state index contributed by atoms with van der Waals surface area (Å²) in [6.07, 6.45) is 0. The first-order valence-corrected chi connectivity index (χ1v) is 6.62. The average molecular weight is 261 g/mol. The van der Waals surface area contributed by atoms with Gasteiger partial charge in [0.15, 0.2) is 0 Å². The van der Waals surface area contributed by atoms with Crippen molar-refractivity contribution in [3.05, 3.63) is 40.6 Å². The Hall–Kier alpha value is -2.01. The maximum Gasteiger partial charge on any atom is 0.251 e. The van der Waals surface area contributed by atoms with Gasteiger partial charge < -0.3 is 16.4 Å². The lowest BCUT2D eigenvalue weighted by Crippen LogP contribution is -2.22. The first-order chi connectivity index (χ1) is 8.70. The summed E-state index contributed by atoms with van der Waals surface area (Å²) in [5, 5.41) is 9.93. The normalized spacial score (nSPS) is 10.1. The Kier molecular flexibility index (Phi) is 3.84. The molecule has 0 saturated heterocycles. The molecule has 0 aliphatic rings. The van der Waals surface area contributed by atoms with Crippen LogP contribution in [0.1, 0.15) is 17.3 Å². The van der Waals surface area contributed by atoms with Gasteiger partial charge in [0.1, 0.15) is 0 Å². The third-order valence-electron chi connectivity index (χ3n) is 2.45. The van der Waals surface area contributed by atoms with Crippen LogP contribution in [0, 0.1) is 0 Å². The van der Waals surface area contributed by atoms with Crippen molar-refractivity contribution in [2.45, 2.75) is 6.92 Å². The number of amides is 1.